The fraction of sp³-hybridized carbons (Fsp3) is 0.190. The lowest BCUT2D eigenvalue weighted by Crippen LogP contribution is -2.44. The van der Waals surface area contributed by atoms with Gasteiger partial charge >= 0.3 is 0 Å². The van der Waals surface area contributed by atoms with E-state index < -0.39 is 17.7 Å². The average Bonchev–Trinajstić information content (AvgIpc) is 3.49. The number of nitrogens with zero attached hydrogens (tertiary/aromatic N) is 1. The summed E-state index contributed by atoms with van der Waals surface area (Å²) in [5.41, 5.74) is 5.58. The van der Waals surface area contributed by atoms with Crippen LogP contribution < -0.4 is 10.9 Å². The highest BCUT2D eigenvalue weighted by molar-refractivity contribution is 7.17. The second kappa shape index (κ2) is 8.50. The molecule has 1 atom stereocenters. The predicted octanol–water partition coefficient (Wildman–Crippen LogP) is 2.96. The van der Waals surface area contributed by atoms with Gasteiger partial charge in [0.25, 0.3) is 5.91 Å². The fourth-order valence-electron chi connectivity index (χ4n) is 3.20. The number of benzene rings is 1. The maximum absolute atomic E-state index is 13.1. The summed E-state index contributed by atoms with van der Waals surface area (Å²) in [6, 6.07) is 12.9. The van der Waals surface area contributed by atoms with Crippen LogP contribution in [-0.2, 0) is 16.1 Å². The molecule has 30 heavy (non-hydrogen) atoms. The average molecular weight is 427 g/mol. The van der Waals surface area contributed by atoms with Gasteiger partial charge in [0.15, 0.2) is 0 Å². The quantitative estimate of drug-likeness (QED) is 0.613. The predicted molar refractivity (Wildman–Crippen MR) is 108 cm³/mol. The van der Waals surface area contributed by atoms with E-state index in [2.05, 4.69) is 10.9 Å². The van der Waals surface area contributed by atoms with Crippen molar-refractivity contribution in [2.75, 3.05) is 6.54 Å². The Kier molecular flexibility index (Phi) is 5.62. The van der Waals surface area contributed by atoms with E-state index in [0.717, 1.165) is 10.4 Å². The SMILES string of the molecule is O=C(NNC(=O)C1CC(=O)N(Cc2ccco2)C1)c1ccc(-c2ccc(F)cc2)s1. The monoisotopic (exact) mass is 427 g/mol. The van der Waals surface area contributed by atoms with E-state index in [1.54, 1.807) is 41.3 Å². The van der Waals surface area contributed by atoms with Crippen molar-refractivity contribution in [2.45, 2.75) is 13.0 Å². The molecule has 0 aliphatic carbocycles. The minimum atomic E-state index is -0.550. The molecule has 2 N–H and O–H groups in total. The smallest absolute Gasteiger partial charge is 0.279 e. The maximum Gasteiger partial charge on any atom is 0.279 e. The van der Waals surface area contributed by atoms with Gasteiger partial charge in [0.05, 0.1) is 23.6 Å². The third-order valence-electron chi connectivity index (χ3n) is 4.77. The summed E-state index contributed by atoms with van der Waals surface area (Å²) >= 11 is 1.23. The van der Waals surface area contributed by atoms with Gasteiger partial charge in [0, 0.05) is 17.8 Å². The van der Waals surface area contributed by atoms with E-state index in [1.807, 2.05) is 0 Å². The van der Waals surface area contributed by atoms with Gasteiger partial charge < -0.3 is 9.32 Å². The van der Waals surface area contributed by atoms with Crippen LogP contribution in [0.5, 0.6) is 0 Å². The Morgan fingerprint density at radius 1 is 1.13 bits per heavy atom. The molecule has 3 aromatic rings. The molecular weight excluding hydrogens is 409 g/mol. The summed E-state index contributed by atoms with van der Waals surface area (Å²) in [7, 11) is 0. The number of carbonyl (C=O) groups excluding carboxylic acids is 3. The van der Waals surface area contributed by atoms with Gasteiger partial charge in [-0.2, -0.15) is 0 Å². The van der Waals surface area contributed by atoms with Gasteiger partial charge in [-0.1, -0.05) is 12.1 Å². The molecule has 1 aliphatic rings. The van der Waals surface area contributed by atoms with Crippen LogP contribution in [0.1, 0.15) is 21.9 Å². The molecule has 4 rings (SSSR count). The van der Waals surface area contributed by atoms with Gasteiger partial charge in [0.2, 0.25) is 11.8 Å². The van der Waals surface area contributed by atoms with Crippen molar-refractivity contribution in [2.24, 2.45) is 5.92 Å². The van der Waals surface area contributed by atoms with E-state index >= 15 is 0 Å². The molecule has 0 radical (unpaired) electrons. The molecule has 1 saturated heterocycles. The molecule has 9 heteroatoms. The van der Waals surface area contributed by atoms with E-state index in [1.165, 1.54) is 29.7 Å². The second-order valence-electron chi connectivity index (χ2n) is 6.87. The van der Waals surface area contributed by atoms with E-state index in [4.69, 9.17) is 4.42 Å². The summed E-state index contributed by atoms with van der Waals surface area (Å²) in [5.74, 6) is -1.25. The van der Waals surface area contributed by atoms with E-state index in [9.17, 15) is 18.8 Å². The first-order chi connectivity index (χ1) is 14.5. The lowest BCUT2D eigenvalue weighted by Gasteiger charge is -2.15. The first-order valence-corrected chi connectivity index (χ1v) is 10.1. The minimum absolute atomic E-state index is 0.0795. The molecule has 154 valence electrons. The van der Waals surface area contributed by atoms with E-state index in [-0.39, 0.29) is 24.7 Å². The normalized spacial score (nSPS) is 16.0. The fourth-order valence-corrected chi connectivity index (χ4v) is 4.11. The number of hydrazine groups is 1. The Labute approximate surface area is 175 Å². The van der Waals surface area contributed by atoms with Crippen molar-refractivity contribution < 1.29 is 23.2 Å². The van der Waals surface area contributed by atoms with Gasteiger partial charge in [-0.05, 0) is 42.0 Å². The molecular formula is C21H18FN3O4S. The number of amides is 3. The summed E-state index contributed by atoms with van der Waals surface area (Å²) in [5, 5.41) is 0. The number of halogens is 1. The molecule has 0 bridgehead atoms. The van der Waals surface area contributed by atoms with Gasteiger partial charge in [-0.15, -0.1) is 11.3 Å². The number of hydrogen-bond acceptors (Lipinski definition) is 5. The number of likely N-dealkylation sites (tertiary alicyclic amines) is 1. The molecule has 1 fully saturated rings. The van der Waals surface area contributed by atoms with Crippen LogP contribution in [0, 0.1) is 11.7 Å². The van der Waals surface area contributed by atoms with Crippen molar-refractivity contribution in [3.05, 3.63) is 71.2 Å². The van der Waals surface area contributed by atoms with Crippen molar-refractivity contribution in [1.82, 2.24) is 15.8 Å². The van der Waals surface area contributed by atoms with Crippen molar-refractivity contribution in [3.63, 3.8) is 0 Å². The van der Waals surface area contributed by atoms with Crippen LogP contribution in [0.3, 0.4) is 0 Å². The van der Waals surface area contributed by atoms with Crippen molar-refractivity contribution in [1.29, 1.82) is 0 Å². The molecule has 2 aromatic heterocycles. The Morgan fingerprint density at radius 2 is 1.93 bits per heavy atom. The van der Waals surface area contributed by atoms with E-state index in [0.29, 0.717) is 17.2 Å². The standard InChI is InChI=1S/C21H18FN3O4S/c22-15-5-3-13(4-6-15)17-7-8-18(30-17)21(28)24-23-20(27)14-10-19(26)25(11-14)12-16-2-1-9-29-16/h1-9,14H,10-12H2,(H,23,27)(H,24,28). The number of nitrogens with one attached hydrogen (secondary N) is 2. The molecule has 1 unspecified atom stereocenters. The lowest BCUT2D eigenvalue weighted by atomic mass is 10.1. The van der Waals surface area contributed by atoms with Crippen LogP contribution in [0.25, 0.3) is 10.4 Å². The molecule has 7 nitrogen and oxygen atoms in total. The zero-order chi connectivity index (χ0) is 21.1. The number of carbonyl (C=O) groups is 3. The molecule has 1 aromatic carbocycles. The van der Waals surface area contributed by atoms with Gasteiger partial charge in [-0.3, -0.25) is 25.2 Å². The molecule has 0 spiro atoms. The number of hydrogen-bond donors (Lipinski definition) is 2. The number of furan rings is 1. The van der Waals surface area contributed by atoms with Gasteiger partial charge in [0.1, 0.15) is 11.6 Å². The second-order valence-corrected chi connectivity index (χ2v) is 7.95. The highest BCUT2D eigenvalue weighted by Crippen LogP contribution is 2.28. The zero-order valence-electron chi connectivity index (χ0n) is 15.8. The highest BCUT2D eigenvalue weighted by Gasteiger charge is 2.34. The van der Waals surface area contributed by atoms with Crippen molar-refractivity contribution in [3.8, 4) is 10.4 Å². The highest BCUT2D eigenvalue weighted by atomic mass is 32.1. The van der Waals surface area contributed by atoms with Crippen LogP contribution in [-0.4, -0.2) is 29.2 Å². The summed E-state index contributed by atoms with van der Waals surface area (Å²) in [6.45, 7) is 0.568. The number of thiophene rings is 1. The van der Waals surface area contributed by atoms with Gasteiger partial charge in [-0.25, -0.2) is 4.39 Å². The van der Waals surface area contributed by atoms with Crippen LogP contribution in [0.2, 0.25) is 0 Å². The molecule has 1 aliphatic heterocycles. The molecule has 3 amide bonds. The first kappa shape index (κ1) is 19.8. The lowest BCUT2D eigenvalue weighted by molar-refractivity contribution is -0.129. The van der Waals surface area contributed by atoms with Crippen LogP contribution in [0.4, 0.5) is 4.39 Å². The number of rotatable bonds is 5. The third-order valence-corrected chi connectivity index (χ3v) is 5.90. The summed E-state index contributed by atoms with van der Waals surface area (Å²) in [4.78, 5) is 39.6. The zero-order valence-corrected chi connectivity index (χ0v) is 16.6. The Morgan fingerprint density at radius 3 is 2.67 bits per heavy atom. The first-order valence-electron chi connectivity index (χ1n) is 9.26. The minimum Gasteiger partial charge on any atom is -0.467 e. The maximum atomic E-state index is 13.1. The Balaban J connectivity index is 1.30. The largest absolute Gasteiger partial charge is 0.467 e. The summed E-state index contributed by atoms with van der Waals surface area (Å²) in [6.07, 6.45) is 1.61. The molecule has 0 saturated carbocycles. The summed E-state index contributed by atoms with van der Waals surface area (Å²) < 4.78 is 18.3. The topological polar surface area (TPSA) is 91.7 Å². The third kappa shape index (κ3) is 4.41. The Hall–Kier alpha value is -3.46. The van der Waals surface area contributed by atoms with Crippen LogP contribution >= 0.6 is 11.3 Å². The van der Waals surface area contributed by atoms with Crippen LogP contribution in [0.15, 0.2) is 59.2 Å². The molecule has 3 heterocycles. The van der Waals surface area contributed by atoms with Crippen molar-refractivity contribution >= 4 is 29.1 Å². The Bertz CT molecular complexity index is 1060.